The average molecular weight is 485 g/mol. The Morgan fingerprint density at radius 1 is 0.944 bits per heavy atom. The summed E-state index contributed by atoms with van der Waals surface area (Å²) in [6, 6.07) is 19.0. The van der Waals surface area contributed by atoms with Crippen LogP contribution in [0, 0.1) is 28.6 Å². The predicted molar refractivity (Wildman–Crippen MR) is 138 cm³/mol. The van der Waals surface area contributed by atoms with Crippen LogP contribution in [-0.4, -0.2) is 31.9 Å². The molecule has 5 aliphatic rings. The Balaban J connectivity index is 1.43. The summed E-state index contributed by atoms with van der Waals surface area (Å²) in [4.78, 5) is 14.8. The van der Waals surface area contributed by atoms with Crippen LogP contribution < -0.4 is 4.74 Å². The van der Waals surface area contributed by atoms with Gasteiger partial charge in [0, 0.05) is 35.0 Å². The third-order valence-corrected chi connectivity index (χ3v) is 10.9. The van der Waals surface area contributed by atoms with Crippen molar-refractivity contribution in [2.24, 2.45) is 28.6 Å². The molecule has 4 fully saturated rings. The molecule has 1 heterocycles. The number of hydrogen-bond donors (Lipinski definition) is 0. The number of methoxy groups -OCH3 is 1. The van der Waals surface area contributed by atoms with Crippen LogP contribution in [0.15, 0.2) is 66.7 Å². The van der Waals surface area contributed by atoms with Crippen LogP contribution in [-0.2, 0) is 26.1 Å². The molecule has 0 unspecified atom stereocenters. The van der Waals surface area contributed by atoms with Crippen LogP contribution >= 0.6 is 0 Å². The van der Waals surface area contributed by atoms with E-state index in [2.05, 4.69) is 67.6 Å². The van der Waals surface area contributed by atoms with Crippen LogP contribution in [0.4, 0.5) is 0 Å². The third kappa shape index (κ3) is 2.65. The third-order valence-electron chi connectivity index (χ3n) is 10.9. The van der Waals surface area contributed by atoms with Crippen molar-refractivity contribution in [3.63, 3.8) is 0 Å². The van der Waals surface area contributed by atoms with Crippen molar-refractivity contribution in [1.29, 1.82) is 0 Å². The van der Waals surface area contributed by atoms with Crippen molar-refractivity contribution < 1.29 is 19.0 Å². The summed E-state index contributed by atoms with van der Waals surface area (Å²) in [6.07, 6.45) is 10.9. The summed E-state index contributed by atoms with van der Waals surface area (Å²) < 4.78 is 18.8. The van der Waals surface area contributed by atoms with Gasteiger partial charge in [0.2, 0.25) is 0 Å². The van der Waals surface area contributed by atoms with Gasteiger partial charge in [0.25, 0.3) is 0 Å². The minimum Gasteiger partial charge on any atom is -0.497 e. The maximum atomic E-state index is 14.8. The number of Topliss-reactive ketones (excluding diaryl/α,β-unsaturated/α-hetero) is 1. The summed E-state index contributed by atoms with van der Waals surface area (Å²) in [6.45, 7) is 3.69. The number of hydrogen-bond acceptors (Lipinski definition) is 4. The monoisotopic (exact) mass is 484 g/mol. The number of fused-ring (bicyclic) bond motifs is 3. The number of ketones is 1. The Morgan fingerprint density at radius 3 is 2.39 bits per heavy atom. The van der Waals surface area contributed by atoms with E-state index < -0.39 is 5.79 Å². The van der Waals surface area contributed by atoms with Crippen molar-refractivity contribution in [1.82, 2.24) is 0 Å². The van der Waals surface area contributed by atoms with E-state index in [1.807, 2.05) is 6.07 Å². The van der Waals surface area contributed by atoms with Crippen molar-refractivity contribution in [2.45, 2.75) is 56.7 Å². The van der Waals surface area contributed by atoms with Gasteiger partial charge in [-0.3, -0.25) is 4.79 Å². The van der Waals surface area contributed by atoms with Gasteiger partial charge in [0.15, 0.2) is 5.79 Å². The molecule has 2 aromatic rings. The topological polar surface area (TPSA) is 44.8 Å². The van der Waals surface area contributed by atoms with Crippen molar-refractivity contribution in [3.8, 4) is 5.75 Å². The fraction of sp³-hybridized carbons (Fsp3) is 0.531. The Hall–Kier alpha value is -2.43. The summed E-state index contributed by atoms with van der Waals surface area (Å²) in [5.41, 5.74) is 1.94. The van der Waals surface area contributed by atoms with Crippen LogP contribution in [0.5, 0.6) is 5.75 Å². The van der Waals surface area contributed by atoms with E-state index in [4.69, 9.17) is 14.2 Å². The van der Waals surface area contributed by atoms with Gasteiger partial charge in [-0.15, -0.1) is 0 Å². The van der Waals surface area contributed by atoms with Crippen LogP contribution in [0.2, 0.25) is 0 Å². The first kappa shape index (κ1) is 22.7. The number of allylic oxidation sites excluding steroid dienone is 2. The van der Waals surface area contributed by atoms with E-state index in [0.717, 1.165) is 25.0 Å². The Kier molecular flexibility index (Phi) is 4.92. The van der Waals surface area contributed by atoms with Crippen LogP contribution in [0.3, 0.4) is 0 Å². The number of benzene rings is 2. The van der Waals surface area contributed by atoms with Gasteiger partial charge in [-0.1, -0.05) is 74.4 Å². The highest BCUT2D eigenvalue weighted by molar-refractivity contribution is 5.89. The van der Waals surface area contributed by atoms with Crippen LogP contribution in [0.25, 0.3) is 0 Å². The summed E-state index contributed by atoms with van der Waals surface area (Å²) >= 11 is 0. The molecule has 4 aliphatic carbocycles. The lowest BCUT2D eigenvalue weighted by Gasteiger charge is -2.54. The predicted octanol–water partition coefficient (Wildman–Crippen LogP) is 5.89. The van der Waals surface area contributed by atoms with E-state index in [-0.39, 0.29) is 34.0 Å². The Morgan fingerprint density at radius 2 is 1.67 bits per heavy atom. The highest BCUT2D eigenvalue weighted by Crippen LogP contribution is 2.81. The molecule has 2 aromatic carbocycles. The van der Waals surface area contributed by atoms with E-state index in [1.165, 1.54) is 24.0 Å². The lowest BCUT2D eigenvalue weighted by atomic mass is 9.52. The average Bonchev–Trinajstić information content (AvgIpc) is 3.54. The standard InChI is InChI=1S/C32H36O4/c1-29-14-6-7-15-30(29)16-17-31(29,24-10-12-25(34-2)13-11-24)26-27(33)23(20-22-8-4-3-5-9-22)21-32(28(26)30)35-18-19-36-32/h3-5,8-13,16-17,23,26,28H,6-7,14-15,18-21H2,1-2H3/t23-,26+,28-,29-,30+,31+/m0/s1. The zero-order valence-corrected chi connectivity index (χ0v) is 21.4. The van der Waals surface area contributed by atoms with Gasteiger partial charge in [0.1, 0.15) is 11.5 Å². The maximum absolute atomic E-state index is 14.8. The molecule has 1 spiro atoms. The maximum Gasteiger partial charge on any atom is 0.173 e. The first-order chi connectivity index (χ1) is 17.5. The van der Waals surface area contributed by atoms with E-state index in [9.17, 15) is 4.79 Å². The molecule has 7 rings (SSSR count). The summed E-state index contributed by atoms with van der Waals surface area (Å²) in [7, 11) is 1.71. The van der Waals surface area contributed by atoms with E-state index >= 15 is 0 Å². The fourth-order valence-corrected chi connectivity index (χ4v) is 9.50. The molecular weight excluding hydrogens is 448 g/mol. The fourth-order valence-electron chi connectivity index (χ4n) is 9.50. The molecule has 4 heteroatoms. The minimum absolute atomic E-state index is 0.0458. The zero-order chi connectivity index (χ0) is 24.6. The van der Waals surface area contributed by atoms with Gasteiger partial charge in [-0.2, -0.15) is 0 Å². The molecule has 0 aromatic heterocycles. The second-order valence-corrected chi connectivity index (χ2v) is 12.0. The van der Waals surface area contributed by atoms with Crippen molar-refractivity contribution >= 4 is 5.78 Å². The number of carbonyl (C=O) groups excluding carboxylic acids is 1. The summed E-state index contributed by atoms with van der Waals surface area (Å²) in [5, 5.41) is 0. The normalized spacial score (nSPS) is 39.8. The molecule has 4 nitrogen and oxygen atoms in total. The van der Waals surface area contributed by atoms with Gasteiger partial charge in [-0.05, 0) is 47.9 Å². The number of rotatable bonds is 4. The van der Waals surface area contributed by atoms with Gasteiger partial charge < -0.3 is 14.2 Å². The molecule has 6 atom stereocenters. The van der Waals surface area contributed by atoms with Crippen molar-refractivity contribution in [2.75, 3.05) is 20.3 Å². The molecule has 188 valence electrons. The second kappa shape index (κ2) is 7.79. The molecule has 2 bridgehead atoms. The first-order valence-corrected chi connectivity index (χ1v) is 13.7. The minimum atomic E-state index is -0.685. The number of ether oxygens (including phenoxy) is 3. The molecule has 0 amide bonds. The van der Waals surface area contributed by atoms with E-state index in [0.29, 0.717) is 25.4 Å². The molecule has 1 aliphatic heterocycles. The Labute approximate surface area is 214 Å². The van der Waals surface area contributed by atoms with Gasteiger partial charge >= 0.3 is 0 Å². The molecule has 0 N–H and O–H groups in total. The second-order valence-electron chi connectivity index (χ2n) is 12.0. The van der Waals surface area contributed by atoms with Gasteiger partial charge in [0.05, 0.1) is 20.3 Å². The highest BCUT2D eigenvalue weighted by atomic mass is 16.7. The SMILES string of the molecule is COc1ccc([C@@]23C=C[C@]4(CCCC[C@@]42C)[C@@H]2[C@H]3C(=O)[C@@H](Cc3ccccc3)CC23OCCO3)cc1. The van der Waals surface area contributed by atoms with Crippen molar-refractivity contribution in [3.05, 3.63) is 77.9 Å². The van der Waals surface area contributed by atoms with Gasteiger partial charge in [-0.25, -0.2) is 0 Å². The quantitative estimate of drug-likeness (QED) is 0.508. The first-order valence-electron chi connectivity index (χ1n) is 13.7. The molecule has 0 radical (unpaired) electrons. The number of carbonyl (C=O) groups is 1. The van der Waals surface area contributed by atoms with Crippen LogP contribution in [0.1, 0.15) is 50.2 Å². The highest BCUT2D eigenvalue weighted by Gasteiger charge is 2.82. The lowest BCUT2D eigenvalue weighted by molar-refractivity contribution is -0.249. The molecule has 3 saturated carbocycles. The largest absolute Gasteiger partial charge is 0.497 e. The molecule has 1 saturated heterocycles. The molecule has 36 heavy (non-hydrogen) atoms. The van der Waals surface area contributed by atoms with E-state index in [1.54, 1.807) is 7.11 Å². The smallest absolute Gasteiger partial charge is 0.173 e. The summed E-state index contributed by atoms with van der Waals surface area (Å²) in [5.74, 6) is 0.349. The molecular formula is C32H36O4. The zero-order valence-electron chi connectivity index (χ0n) is 21.4. The Bertz CT molecular complexity index is 1200. The lowest BCUT2D eigenvalue weighted by Crippen LogP contribution is -2.59.